The van der Waals surface area contributed by atoms with Gasteiger partial charge in [0.1, 0.15) is 0 Å². The first-order chi connectivity index (χ1) is 11.9. The van der Waals surface area contributed by atoms with Crippen molar-refractivity contribution in [2.75, 3.05) is 13.1 Å². The lowest BCUT2D eigenvalue weighted by Crippen LogP contribution is -2.30. The van der Waals surface area contributed by atoms with E-state index in [1.807, 2.05) is 38.1 Å². The van der Waals surface area contributed by atoms with Gasteiger partial charge in [0.05, 0.1) is 4.90 Å². The molecule has 144 valence electrons. The van der Waals surface area contributed by atoms with Crippen LogP contribution in [0.4, 0.5) is 0 Å². The van der Waals surface area contributed by atoms with Crippen molar-refractivity contribution in [2.45, 2.75) is 45.2 Å². The van der Waals surface area contributed by atoms with Crippen LogP contribution in [0.25, 0.3) is 0 Å². The van der Waals surface area contributed by atoms with Crippen molar-refractivity contribution in [3.05, 3.63) is 65.2 Å². The van der Waals surface area contributed by atoms with Crippen LogP contribution in [0.3, 0.4) is 0 Å². The fourth-order valence-corrected chi connectivity index (χ4v) is 4.29. The van der Waals surface area contributed by atoms with Crippen LogP contribution in [0.15, 0.2) is 53.4 Å². The topological polar surface area (TPSA) is 49.4 Å². The largest absolute Gasteiger partial charge is 0.306 e. The van der Waals surface area contributed by atoms with Gasteiger partial charge in [0, 0.05) is 25.7 Å². The maximum Gasteiger partial charge on any atom is 0.243 e. The highest BCUT2D eigenvalue weighted by Crippen LogP contribution is 2.20. The molecule has 26 heavy (non-hydrogen) atoms. The first-order valence-electron chi connectivity index (χ1n) is 8.78. The third kappa shape index (κ3) is 5.30. The van der Waals surface area contributed by atoms with Gasteiger partial charge in [0.15, 0.2) is 0 Å². The third-order valence-electron chi connectivity index (χ3n) is 4.58. The molecule has 0 bridgehead atoms. The molecular weight excluding hydrogens is 368 g/mol. The van der Waals surface area contributed by atoms with Gasteiger partial charge in [-0.3, -0.25) is 0 Å². The number of hydrogen-bond acceptors (Lipinski definition) is 3. The molecule has 0 amide bonds. The third-order valence-corrected chi connectivity index (χ3v) is 6.65. The predicted octanol–water partition coefficient (Wildman–Crippen LogP) is 4.30. The van der Waals surface area contributed by atoms with Crippen LogP contribution in [0.5, 0.6) is 0 Å². The van der Waals surface area contributed by atoms with Gasteiger partial charge >= 0.3 is 0 Å². The van der Waals surface area contributed by atoms with Crippen molar-refractivity contribution < 1.29 is 8.42 Å². The minimum absolute atomic E-state index is 0. The molecule has 0 radical (unpaired) electrons. The van der Waals surface area contributed by atoms with E-state index in [0.717, 1.165) is 12.1 Å². The lowest BCUT2D eigenvalue weighted by molar-refractivity contribution is 0.445. The van der Waals surface area contributed by atoms with Crippen LogP contribution in [0.2, 0.25) is 0 Å². The molecule has 0 saturated heterocycles. The Bertz CT molecular complexity index is 788. The van der Waals surface area contributed by atoms with Crippen molar-refractivity contribution in [3.63, 3.8) is 0 Å². The lowest BCUT2D eigenvalue weighted by atomic mass is 10.1. The summed E-state index contributed by atoms with van der Waals surface area (Å²) in [6, 6.07) is 15.6. The molecule has 0 saturated carbocycles. The molecule has 2 rings (SSSR count). The average Bonchev–Trinajstić information content (AvgIpc) is 2.61. The number of rotatable bonds is 8. The Hall–Kier alpha value is -1.40. The maximum absolute atomic E-state index is 12.5. The second kappa shape index (κ2) is 10.1. The highest BCUT2D eigenvalue weighted by atomic mass is 35.5. The van der Waals surface area contributed by atoms with Crippen molar-refractivity contribution in [1.82, 2.24) is 9.62 Å². The lowest BCUT2D eigenvalue weighted by Gasteiger charge is -2.19. The van der Waals surface area contributed by atoms with Crippen LogP contribution in [-0.2, 0) is 16.6 Å². The first-order valence-corrected chi connectivity index (χ1v) is 10.2. The van der Waals surface area contributed by atoms with Crippen molar-refractivity contribution in [2.24, 2.45) is 0 Å². The van der Waals surface area contributed by atoms with Gasteiger partial charge in [-0.1, -0.05) is 50.2 Å². The summed E-state index contributed by atoms with van der Waals surface area (Å²) < 4.78 is 26.5. The number of hydrogen-bond donors (Lipinski definition) is 1. The summed E-state index contributed by atoms with van der Waals surface area (Å²) in [6.45, 7) is 9.65. The second-order valence-corrected chi connectivity index (χ2v) is 8.13. The Balaban J connectivity index is 0.00000338. The van der Waals surface area contributed by atoms with Gasteiger partial charge in [0.2, 0.25) is 10.0 Å². The molecule has 2 aromatic carbocycles. The van der Waals surface area contributed by atoms with Crippen LogP contribution in [0, 0.1) is 6.92 Å². The highest BCUT2D eigenvalue weighted by molar-refractivity contribution is 7.89. The zero-order chi connectivity index (χ0) is 18.4. The Morgan fingerprint density at radius 1 is 1.00 bits per heavy atom. The van der Waals surface area contributed by atoms with E-state index in [1.54, 1.807) is 12.1 Å². The number of nitrogens with zero attached hydrogens (tertiary/aromatic N) is 1. The van der Waals surface area contributed by atoms with E-state index < -0.39 is 10.0 Å². The number of halogens is 1. The Morgan fingerprint density at radius 2 is 1.58 bits per heavy atom. The fraction of sp³-hybridized carbons (Fsp3) is 0.400. The zero-order valence-corrected chi connectivity index (χ0v) is 17.5. The van der Waals surface area contributed by atoms with Gasteiger partial charge in [-0.2, -0.15) is 4.31 Å². The molecule has 0 fully saturated rings. The Labute approximate surface area is 164 Å². The molecule has 0 spiro atoms. The standard InChI is InChI=1S/C20H28N2O2S.ClH/c1-5-22(6-2)25(23,24)20-13-11-18(12-14-20)17(4)21-15-19-10-8-7-9-16(19)3;/h7-14,17,21H,5-6,15H2,1-4H3;1H. The quantitative estimate of drug-likeness (QED) is 0.723. The smallest absolute Gasteiger partial charge is 0.243 e. The highest BCUT2D eigenvalue weighted by Gasteiger charge is 2.21. The number of benzene rings is 2. The first kappa shape index (κ1) is 22.6. The van der Waals surface area contributed by atoms with Crippen LogP contribution >= 0.6 is 12.4 Å². The summed E-state index contributed by atoms with van der Waals surface area (Å²) in [7, 11) is -3.39. The summed E-state index contributed by atoms with van der Waals surface area (Å²) in [6.07, 6.45) is 0. The van der Waals surface area contributed by atoms with Crippen molar-refractivity contribution in [1.29, 1.82) is 0 Å². The molecule has 0 aliphatic rings. The summed E-state index contributed by atoms with van der Waals surface area (Å²) in [5.41, 5.74) is 3.62. The molecule has 0 aromatic heterocycles. The molecule has 1 N–H and O–H groups in total. The van der Waals surface area contributed by atoms with E-state index in [0.29, 0.717) is 18.0 Å². The molecule has 1 atom stereocenters. The monoisotopic (exact) mass is 396 g/mol. The summed E-state index contributed by atoms with van der Waals surface area (Å²) in [4.78, 5) is 0.353. The molecule has 4 nitrogen and oxygen atoms in total. The molecule has 0 aliphatic carbocycles. The van der Waals surface area contributed by atoms with E-state index in [1.165, 1.54) is 15.4 Å². The fourth-order valence-electron chi connectivity index (χ4n) is 2.83. The van der Waals surface area contributed by atoms with Crippen LogP contribution in [0.1, 0.15) is 43.5 Å². The maximum atomic E-state index is 12.5. The van der Waals surface area contributed by atoms with Crippen molar-refractivity contribution >= 4 is 22.4 Å². The SMILES string of the molecule is CCN(CC)S(=O)(=O)c1ccc(C(C)NCc2ccccc2C)cc1.Cl. The molecule has 6 heteroatoms. The van der Waals surface area contributed by atoms with Gasteiger partial charge in [-0.25, -0.2) is 8.42 Å². The Kier molecular flexibility index (Phi) is 8.77. The molecule has 0 heterocycles. The average molecular weight is 397 g/mol. The summed E-state index contributed by atoms with van der Waals surface area (Å²) in [5, 5.41) is 3.50. The second-order valence-electron chi connectivity index (χ2n) is 6.19. The van der Waals surface area contributed by atoms with Crippen LogP contribution < -0.4 is 5.32 Å². The van der Waals surface area contributed by atoms with E-state index in [4.69, 9.17) is 0 Å². The van der Waals surface area contributed by atoms with Gasteiger partial charge < -0.3 is 5.32 Å². The van der Waals surface area contributed by atoms with E-state index in [9.17, 15) is 8.42 Å². The van der Waals surface area contributed by atoms with Crippen LogP contribution in [-0.4, -0.2) is 25.8 Å². The summed E-state index contributed by atoms with van der Waals surface area (Å²) in [5.74, 6) is 0. The summed E-state index contributed by atoms with van der Waals surface area (Å²) >= 11 is 0. The Morgan fingerprint density at radius 3 is 2.12 bits per heavy atom. The molecule has 1 unspecified atom stereocenters. The molecule has 2 aromatic rings. The molecular formula is C20H29ClN2O2S. The van der Waals surface area contributed by atoms with E-state index >= 15 is 0 Å². The van der Waals surface area contributed by atoms with Gasteiger partial charge in [-0.15, -0.1) is 12.4 Å². The minimum Gasteiger partial charge on any atom is -0.306 e. The number of sulfonamides is 1. The number of nitrogens with one attached hydrogen (secondary N) is 1. The van der Waals surface area contributed by atoms with Gasteiger partial charge in [0.25, 0.3) is 0 Å². The number of aryl methyl sites for hydroxylation is 1. The van der Waals surface area contributed by atoms with E-state index in [2.05, 4.69) is 31.3 Å². The zero-order valence-electron chi connectivity index (χ0n) is 15.9. The predicted molar refractivity (Wildman–Crippen MR) is 110 cm³/mol. The van der Waals surface area contributed by atoms with E-state index in [-0.39, 0.29) is 18.4 Å². The molecule has 0 aliphatic heterocycles. The normalized spacial score (nSPS) is 12.7. The minimum atomic E-state index is -3.39. The van der Waals surface area contributed by atoms with Crippen molar-refractivity contribution in [3.8, 4) is 0 Å². The van der Waals surface area contributed by atoms with Gasteiger partial charge in [-0.05, 0) is 42.7 Å².